The van der Waals surface area contributed by atoms with Gasteiger partial charge in [0.05, 0.1) is 6.54 Å². The number of rotatable bonds is 7. The smallest absolute Gasteiger partial charge is 0.242 e. The molecule has 0 spiro atoms. The second-order valence-electron chi connectivity index (χ2n) is 6.96. The van der Waals surface area contributed by atoms with Crippen LogP contribution in [0.1, 0.15) is 32.3 Å². The third-order valence-corrected chi connectivity index (χ3v) is 5.02. The van der Waals surface area contributed by atoms with Crippen LogP contribution in [0, 0.1) is 0 Å². The highest BCUT2D eigenvalue weighted by Gasteiger charge is 2.26. The minimum absolute atomic E-state index is 0. The summed E-state index contributed by atoms with van der Waals surface area (Å²) in [6.07, 6.45) is 1.27. The van der Waals surface area contributed by atoms with Crippen molar-refractivity contribution in [1.29, 1.82) is 0 Å². The van der Waals surface area contributed by atoms with Crippen LogP contribution in [0.25, 0.3) is 0 Å². The lowest BCUT2D eigenvalue weighted by molar-refractivity contribution is -0.135. The first kappa shape index (κ1) is 25.5. The van der Waals surface area contributed by atoms with Gasteiger partial charge in [-0.3, -0.25) is 14.6 Å². The molecule has 1 aliphatic heterocycles. The van der Waals surface area contributed by atoms with Gasteiger partial charge in [0.2, 0.25) is 11.8 Å². The molecule has 0 bridgehead atoms. The molecule has 0 aliphatic carbocycles. The molecular formula is C20H31ClIN5O2. The summed E-state index contributed by atoms with van der Waals surface area (Å²) in [6.45, 7) is 6.66. The summed E-state index contributed by atoms with van der Waals surface area (Å²) < 4.78 is 0. The van der Waals surface area contributed by atoms with Crippen LogP contribution >= 0.6 is 35.6 Å². The zero-order chi connectivity index (χ0) is 20.5. The lowest BCUT2D eigenvalue weighted by Crippen LogP contribution is -2.55. The van der Waals surface area contributed by atoms with Gasteiger partial charge in [-0.25, -0.2) is 0 Å². The van der Waals surface area contributed by atoms with Crippen molar-refractivity contribution < 1.29 is 9.59 Å². The zero-order valence-electron chi connectivity index (χ0n) is 17.3. The van der Waals surface area contributed by atoms with Crippen molar-refractivity contribution in [3.8, 4) is 0 Å². The second kappa shape index (κ2) is 12.9. The van der Waals surface area contributed by atoms with Gasteiger partial charge in [-0.2, -0.15) is 0 Å². The van der Waals surface area contributed by atoms with Crippen LogP contribution in [0.4, 0.5) is 0 Å². The monoisotopic (exact) mass is 535 g/mol. The number of halogens is 2. The van der Waals surface area contributed by atoms with Crippen molar-refractivity contribution in [3.05, 3.63) is 34.9 Å². The maximum absolute atomic E-state index is 12.5. The summed E-state index contributed by atoms with van der Waals surface area (Å²) in [4.78, 5) is 32.4. The molecule has 1 unspecified atom stereocenters. The molecule has 162 valence electrons. The molecular weight excluding hydrogens is 505 g/mol. The van der Waals surface area contributed by atoms with E-state index in [1.807, 2.05) is 47.9 Å². The predicted octanol–water partition coefficient (Wildman–Crippen LogP) is 2.48. The van der Waals surface area contributed by atoms with E-state index in [2.05, 4.69) is 15.6 Å². The number of hydrogen-bond acceptors (Lipinski definition) is 3. The Morgan fingerprint density at radius 3 is 2.55 bits per heavy atom. The summed E-state index contributed by atoms with van der Waals surface area (Å²) in [5.41, 5.74) is 1.06. The fraction of sp³-hybridized carbons (Fsp3) is 0.550. The van der Waals surface area contributed by atoms with Crippen molar-refractivity contribution in [1.82, 2.24) is 20.4 Å². The number of amides is 2. The van der Waals surface area contributed by atoms with Gasteiger partial charge in [0.25, 0.3) is 0 Å². The first-order valence-corrected chi connectivity index (χ1v) is 10.1. The van der Waals surface area contributed by atoms with Gasteiger partial charge in [0.15, 0.2) is 5.96 Å². The Balaban J connectivity index is 0.00000420. The molecule has 29 heavy (non-hydrogen) atoms. The molecule has 2 amide bonds. The van der Waals surface area contributed by atoms with Crippen LogP contribution in [0.3, 0.4) is 0 Å². The van der Waals surface area contributed by atoms with Gasteiger partial charge < -0.3 is 20.4 Å². The first-order chi connectivity index (χ1) is 13.4. The van der Waals surface area contributed by atoms with Crippen LogP contribution in [0.5, 0.6) is 0 Å². The van der Waals surface area contributed by atoms with Gasteiger partial charge in [0, 0.05) is 50.7 Å². The van der Waals surface area contributed by atoms with Crippen molar-refractivity contribution >= 4 is 53.4 Å². The summed E-state index contributed by atoms with van der Waals surface area (Å²) in [6, 6.07) is 7.72. The molecule has 1 heterocycles. The van der Waals surface area contributed by atoms with Gasteiger partial charge >= 0.3 is 0 Å². The second-order valence-corrected chi connectivity index (χ2v) is 7.40. The highest BCUT2D eigenvalue weighted by Crippen LogP contribution is 2.13. The molecule has 1 fully saturated rings. The Morgan fingerprint density at radius 1 is 1.28 bits per heavy atom. The number of carbonyl (C=O) groups is 2. The normalized spacial score (nSPS) is 15.6. The summed E-state index contributed by atoms with van der Waals surface area (Å²) in [5, 5.41) is 6.81. The van der Waals surface area contributed by atoms with Crippen molar-refractivity contribution in [2.24, 2.45) is 4.99 Å². The van der Waals surface area contributed by atoms with Crippen molar-refractivity contribution in [2.75, 3.05) is 33.2 Å². The van der Waals surface area contributed by atoms with Crippen LogP contribution in [0.2, 0.25) is 5.02 Å². The van der Waals surface area contributed by atoms with Crippen LogP contribution < -0.4 is 10.6 Å². The fourth-order valence-electron chi connectivity index (χ4n) is 2.94. The molecule has 7 nitrogen and oxygen atoms in total. The molecule has 0 saturated carbocycles. The number of benzene rings is 1. The van der Waals surface area contributed by atoms with E-state index < -0.39 is 0 Å². The molecule has 1 aromatic rings. The molecule has 0 radical (unpaired) electrons. The molecule has 1 saturated heterocycles. The number of nitrogens with zero attached hydrogens (tertiary/aromatic N) is 3. The number of hydrogen-bond donors (Lipinski definition) is 2. The quantitative estimate of drug-likeness (QED) is 0.320. The van der Waals surface area contributed by atoms with E-state index in [1.165, 1.54) is 0 Å². The van der Waals surface area contributed by atoms with E-state index >= 15 is 0 Å². The highest BCUT2D eigenvalue weighted by atomic mass is 127. The molecule has 1 atom stereocenters. The summed E-state index contributed by atoms with van der Waals surface area (Å²) in [7, 11) is 1.69. The number of carbonyl (C=O) groups excluding carboxylic acids is 2. The number of nitrogens with one attached hydrogen (secondary N) is 2. The maximum Gasteiger partial charge on any atom is 0.242 e. The molecule has 2 N–H and O–H groups in total. The van der Waals surface area contributed by atoms with Gasteiger partial charge in [-0.05, 0) is 31.0 Å². The van der Waals surface area contributed by atoms with Crippen LogP contribution in [-0.2, 0) is 16.1 Å². The van der Waals surface area contributed by atoms with Gasteiger partial charge in [-0.15, -0.1) is 24.0 Å². The Bertz CT molecular complexity index is 699. The molecule has 2 rings (SSSR count). The fourth-order valence-corrected chi connectivity index (χ4v) is 3.06. The topological polar surface area (TPSA) is 77.0 Å². The Kier molecular flexibility index (Phi) is 11.3. The number of aliphatic imine (C=N–C) groups is 1. The molecule has 0 aromatic heterocycles. The Morgan fingerprint density at radius 2 is 1.97 bits per heavy atom. The maximum atomic E-state index is 12.5. The van der Waals surface area contributed by atoms with Gasteiger partial charge in [-0.1, -0.05) is 30.7 Å². The highest BCUT2D eigenvalue weighted by molar-refractivity contribution is 14.0. The standard InChI is InChI=1S/C20H30ClN5O2.HI/c1-4-15(2)24-18(27)9-10-23-20(22-3)26-12-11-25(19(28)14-26)13-16-5-7-17(21)8-6-16;/h5-8,15H,4,9-14H2,1-3H3,(H,22,23)(H,24,27);1H. The minimum Gasteiger partial charge on any atom is -0.356 e. The number of piperazine rings is 1. The van der Waals surface area contributed by atoms with E-state index in [0.717, 1.165) is 12.0 Å². The average Bonchev–Trinajstić information content (AvgIpc) is 2.68. The van der Waals surface area contributed by atoms with Crippen molar-refractivity contribution in [2.45, 2.75) is 39.3 Å². The lowest BCUT2D eigenvalue weighted by atomic mass is 10.2. The first-order valence-electron chi connectivity index (χ1n) is 9.70. The van der Waals surface area contributed by atoms with E-state index in [-0.39, 0.29) is 48.4 Å². The minimum atomic E-state index is 0. The Hall–Kier alpha value is -1.55. The summed E-state index contributed by atoms with van der Waals surface area (Å²) in [5.74, 6) is 0.718. The van der Waals surface area contributed by atoms with E-state index in [1.54, 1.807) is 7.05 Å². The van der Waals surface area contributed by atoms with Gasteiger partial charge in [0.1, 0.15) is 0 Å². The Labute approximate surface area is 195 Å². The van der Waals surface area contributed by atoms with Crippen molar-refractivity contribution in [3.63, 3.8) is 0 Å². The molecule has 9 heteroatoms. The molecule has 1 aromatic carbocycles. The lowest BCUT2D eigenvalue weighted by Gasteiger charge is -2.36. The van der Waals surface area contributed by atoms with E-state index in [0.29, 0.717) is 43.6 Å². The van der Waals surface area contributed by atoms with E-state index in [4.69, 9.17) is 11.6 Å². The third kappa shape index (κ3) is 8.38. The predicted molar refractivity (Wildman–Crippen MR) is 128 cm³/mol. The average molecular weight is 536 g/mol. The van der Waals surface area contributed by atoms with E-state index in [9.17, 15) is 9.59 Å². The largest absolute Gasteiger partial charge is 0.356 e. The van der Waals surface area contributed by atoms with Crippen LogP contribution in [0.15, 0.2) is 29.3 Å². The third-order valence-electron chi connectivity index (χ3n) is 4.77. The summed E-state index contributed by atoms with van der Waals surface area (Å²) >= 11 is 5.91. The molecule has 1 aliphatic rings. The zero-order valence-corrected chi connectivity index (χ0v) is 20.4. The van der Waals surface area contributed by atoms with Crippen LogP contribution in [-0.4, -0.2) is 66.8 Å². The number of guanidine groups is 1. The SMILES string of the molecule is CCC(C)NC(=O)CCNC(=NC)N1CCN(Cc2ccc(Cl)cc2)C(=O)C1.I.